The fourth-order valence-electron chi connectivity index (χ4n) is 2.14. The first kappa shape index (κ1) is 10.7. The predicted octanol–water partition coefficient (Wildman–Crippen LogP) is 1.22. The third kappa shape index (κ3) is 2.43. The Morgan fingerprint density at radius 3 is 2.67 bits per heavy atom. The fraction of sp³-hybridized carbons (Fsp3) is 0.909. The Bertz CT molecular complexity index is 260. The fourth-order valence-corrected chi connectivity index (χ4v) is 2.14. The van der Waals surface area contributed by atoms with Crippen LogP contribution in [0.4, 0.5) is 4.79 Å². The Morgan fingerprint density at radius 2 is 2.20 bits per heavy atom. The molecule has 0 radical (unpaired) electrons. The molecule has 15 heavy (non-hydrogen) atoms. The molecule has 86 valence electrons. The summed E-state index contributed by atoms with van der Waals surface area (Å²) >= 11 is 0. The summed E-state index contributed by atoms with van der Waals surface area (Å²) in [5, 5.41) is 3.38. The van der Waals surface area contributed by atoms with Crippen LogP contribution in [-0.4, -0.2) is 42.3 Å². The molecule has 0 aromatic carbocycles. The number of carbonyl (C=O) groups is 1. The van der Waals surface area contributed by atoms with Crippen LogP contribution in [0.3, 0.4) is 0 Å². The molecule has 1 N–H and O–H groups in total. The number of nitrogens with zero attached hydrogens (tertiary/aromatic N) is 1. The van der Waals surface area contributed by atoms with Gasteiger partial charge in [0.1, 0.15) is 5.60 Å². The number of likely N-dealkylation sites (tertiary alicyclic amines) is 1. The highest BCUT2D eigenvalue weighted by molar-refractivity contribution is 5.68. The topological polar surface area (TPSA) is 41.6 Å². The Labute approximate surface area is 91.0 Å². The van der Waals surface area contributed by atoms with E-state index in [1.165, 1.54) is 0 Å². The average Bonchev–Trinajstić information content (AvgIpc) is 2.04. The molecule has 0 unspecified atom stereocenters. The van der Waals surface area contributed by atoms with Crippen molar-refractivity contribution < 1.29 is 9.53 Å². The maximum absolute atomic E-state index is 11.8. The molecule has 2 aliphatic rings. The number of fused-ring (bicyclic) bond motifs is 1. The van der Waals surface area contributed by atoms with Gasteiger partial charge in [0.05, 0.1) is 0 Å². The first-order valence-electron chi connectivity index (χ1n) is 5.67. The van der Waals surface area contributed by atoms with Crippen LogP contribution in [0, 0.1) is 5.92 Å². The summed E-state index contributed by atoms with van der Waals surface area (Å²) in [6.07, 6.45) is 0.900. The van der Waals surface area contributed by atoms with Crippen molar-refractivity contribution in [3.05, 3.63) is 0 Å². The van der Waals surface area contributed by atoms with Crippen molar-refractivity contribution >= 4 is 6.09 Å². The molecule has 0 saturated carbocycles. The van der Waals surface area contributed by atoms with Crippen molar-refractivity contribution in [2.75, 3.05) is 19.6 Å². The van der Waals surface area contributed by atoms with E-state index in [9.17, 15) is 4.79 Å². The van der Waals surface area contributed by atoms with Gasteiger partial charge in [0, 0.05) is 31.6 Å². The highest BCUT2D eigenvalue weighted by Gasteiger charge is 2.38. The lowest BCUT2D eigenvalue weighted by Crippen LogP contribution is -2.62. The van der Waals surface area contributed by atoms with E-state index >= 15 is 0 Å². The zero-order chi connectivity index (χ0) is 11.1. The highest BCUT2D eigenvalue weighted by Crippen LogP contribution is 2.24. The monoisotopic (exact) mass is 212 g/mol. The maximum atomic E-state index is 11.8. The molecule has 2 aliphatic heterocycles. The Balaban J connectivity index is 1.86. The van der Waals surface area contributed by atoms with E-state index in [2.05, 4.69) is 5.32 Å². The van der Waals surface area contributed by atoms with E-state index in [4.69, 9.17) is 4.74 Å². The Hall–Kier alpha value is -0.770. The van der Waals surface area contributed by atoms with Gasteiger partial charge in [0.2, 0.25) is 0 Å². The number of carbonyl (C=O) groups excluding carboxylic acids is 1. The number of hydrogen-bond donors (Lipinski definition) is 1. The van der Waals surface area contributed by atoms with Crippen LogP contribution >= 0.6 is 0 Å². The number of amides is 1. The smallest absolute Gasteiger partial charge is 0.410 e. The molecular formula is C11H20N2O2. The zero-order valence-corrected chi connectivity index (χ0v) is 9.75. The molecule has 0 spiro atoms. The normalized spacial score (nSPS) is 30.5. The second-order valence-electron chi connectivity index (χ2n) is 5.49. The summed E-state index contributed by atoms with van der Waals surface area (Å²) in [6, 6.07) is 0.642. The lowest BCUT2D eigenvalue weighted by molar-refractivity contribution is 0.00493. The van der Waals surface area contributed by atoms with Crippen molar-refractivity contribution in [1.29, 1.82) is 0 Å². The summed E-state index contributed by atoms with van der Waals surface area (Å²) in [7, 11) is 0. The third-order valence-corrected chi connectivity index (χ3v) is 3.03. The summed E-state index contributed by atoms with van der Waals surface area (Å²) < 4.78 is 5.35. The number of nitrogens with one attached hydrogen (secondary N) is 1. The van der Waals surface area contributed by atoms with Gasteiger partial charge in [0.25, 0.3) is 0 Å². The number of hydrogen-bond acceptors (Lipinski definition) is 3. The molecule has 2 atom stereocenters. The molecule has 0 aliphatic carbocycles. The van der Waals surface area contributed by atoms with Crippen molar-refractivity contribution in [2.24, 2.45) is 5.92 Å². The molecule has 1 amide bonds. The molecule has 0 bridgehead atoms. The number of ether oxygens (including phenoxy) is 1. The van der Waals surface area contributed by atoms with Crippen molar-refractivity contribution in [1.82, 2.24) is 10.2 Å². The number of piperidine rings is 1. The molecular weight excluding hydrogens is 192 g/mol. The van der Waals surface area contributed by atoms with E-state index in [0.29, 0.717) is 12.0 Å². The minimum atomic E-state index is -0.383. The van der Waals surface area contributed by atoms with Crippen molar-refractivity contribution in [3.8, 4) is 0 Å². The van der Waals surface area contributed by atoms with Crippen LogP contribution in [-0.2, 0) is 4.74 Å². The number of rotatable bonds is 0. The predicted molar refractivity (Wildman–Crippen MR) is 57.7 cm³/mol. The zero-order valence-electron chi connectivity index (χ0n) is 9.75. The minimum absolute atomic E-state index is 0.159. The molecule has 2 rings (SSSR count). The third-order valence-electron chi connectivity index (χ3n) is 3.03. The second kappa shape index (κ2) is 3.67. The lowest BCUT2D eigenvalue weighted by atomic mass is 9.85. The SMILES string of the molecule is CC(C)(C)OC(=O)N1CC[C@@H]2NC[C@@H]2C1. The molecule has 0 aromatic rings. The van der Waals surface area contributed by atoms with Gasteiger partial charge in [0.15, 0.2) is 0 Å². The molecule has 0 aromatic heterocycles. The van der Waals surface area contributed by atoms with Crippen LogP contribution in [0.5, 0.6) is 0 Å². The van der Waals surface area contributed by atoms with Gasteiger partial charge in [-0.05, 0) is 27.2 Å². The van der Waals surface area contributed by atoms with Crippen molar-refractivity contribution in [3.63, 3.8) is 0 Å². The largest absolute Gasteiger partial charge is 0.444 e. The highest BCUT2D eigenvalue weighted by atomic mass is 16.6. The molecule has 2 fully saturated rings. The van der Waals surface area contributed by atoms with E-state index in [1.807, 2.05) is 25.7 Å². The van der Waals surface area contributed by atoms with E-state index in [0.717, 1.165) is 26.1 Å². The van der Waals surface area contributed by atoms with E-state index in [1.54, 1.807) is 0 Å². The van der Waals surface area contributed by atoms with E-state index < -0.39 is 0 Å². The van der Waals surface area contributed by atoms with Crippen molar-refractivity contribution in [2.45, 2.75) is 38.8 Å². The summed E-state index contributed by atoms with van der Waals surface area (Å²) in [5.41, 5.74) is -0.383. The van der Waals surface area contributed by atoms with E-state index in [-0.39, 0.29) is 11.7 Å². The van der Waals surface area contributed by atoms with Gasteiger partial charge in [-0.15, -0.1) is 0 Å². The summed E-state index contributed by atoms with van der Waals surface area (Å²) in [5.74, 6) is 0.645. The van der Waals surface area contributed by atoms with Crippen LogP contribution < -0.4 is 5.32 Å². The molecule has 4 heteroatoms. The average molecular weight is 212 g/mol. The van der Waals surface area contributed by atoms with Gasteiger partial charge < -0.3 is 15.0 Å². The summed E-state index contributed by atoms with van der Waals surface area (Å²) in [6.45, 7) is 8.44. The second-order valence-corrected chi connectivity index (χ2v) is 5.49. The van der Waals surface area contributed by atoms with Crippen LogP contribution in [0.2, 0.25) is 0 Å². The van der Waals surface area contributed by atoms with Crippen LogP contribution in [0.1, 0.15) is 27.2 Å². The first-order valence-corrected chi connectivity index (χ1v) is 5.67. The van der Waals surface area contributed by atoms with Gasteiger partial charge in [-0.25, -0.2) is 4.79 Å². The van der Waals surface area contributed by atoms with Gasteiger partial charge >= 0.3 is 6.09 Å². The van der Waals surface area contributed by atoms with Gasteiger partial charge in [-0.1, -0.05) is 0 Å². The molecule has 4 nitrogen and oxygen atoms in total. The Kier molecular flexibility index (Phi) is 2.63. The first-order chi connectivity index (χ1) is 6.96. The van der Waals surface area contributed by atoms with Crippen LogP contribution in [0.25, 0.3) is 0 Å². The maximum Gasteiger partial charge on any atom is 0.410 e. The molecule has 2 heterocycles. The Morgan fingerprint density at radius 1 is 1.47 bits per heavy atom. The molecule has 2 saturated heterocycles. The lowest BCUT2D eigenvalue weighted by Gasteiger charge is -2.46. The summed E-state index contributed by atoms with van der Waals surface area (Å²) in [4.78, 5) is 13.6. The minimum Gasteiger partial charge on any atom is -0.444 e. The quantitative estimate of drug-likeness (QED) is 0.656. The van der Waals surface area contributed by atoms with Gasteiger partial charge in [-0.3, -0.25) is 0 Å². The van der Waals surface area contributed by atoms with Crippen LogP contribution in [0.15, 0.2) is 0 Å². The standard InChI is InChI=1S/C11H20N2O2/c1-11(2,3)15-10(14)13-5-4-9-8(7-13)6-12-9/h8-9,12H,4-7H2,1-3H3/t8-,9+/m1/s1. The van der Waals surface area contributed by atoms with Gasteiger partial charge in [-0.2, -0.15) is 0 Å².